The Morgan fingerprint density at radius 2 is 1.81 bits per heavy atom. The first-order valence-electron chi connectivity index (χ1n) is 14.6. The first-order chi connectivity index (χ1) is 19.9. The van der Waals surface area contributed by atoms with Crippen LogP contribution in [0.15, 0.2) is 48.8 Å². The average Bonchev–Trinajstić information content (AvgIpc) is 3.13. The maximum atomic E-state index is 14.2. The number of carbonyl (C=O) groups excluding carboxylic acids is 5. The SMILES string of the molecule is C=C1CCC(=O)C(C)(C)/C=C\[C@@H](C)C(=O)[C@@]2(O)C[C@@](C)(OC(=O)c3cccnc3)[C@H](OC(=O)CC(C)C)[C@@H]2C1OC(C)=O. The van der Waals surface area contributed by atoms with Crippen molar-refractivity contribution >= 4 is 29.5 Å². The molecule has 0 spiro atoms. The van der Waals surface area contributed by atoms with E-state index in [0.717, 1.165) is 0 Å². The molecule has 0 aliphatic heterocycles. The molecule has 0 radical (unpaired) electrons. The Morgan fingerprint density at radius 1 is 1.14 bits per heavy atom. The second kappa shape index (κ2) is 12.9. The number of allylic oxidation sites excluding steroid dienone is 2. The maximum Gasteiger partial charge on any atom is 0.340 e. The first kappa shape index (κ1) is 33.8. The number of fused-ring (bicyclic) bond motifs is 1. The summed E-state index contributed by atoms with van der Waals surface area (Å²) in [5.74, 6) is -5.39. The highest BCUT2D eigenvalue weighted by Crippen LogP contribution is 2.52. The molecule has 1 saturated carbocycles. The summed E-state index contributed by atoms with van der Waals surface area (Å²) in [6.45, 7) is 15.4. The molecule has 0 bridgehead atoms. The number of rotatable bonds is 6. The first-order valence-corrected chi connectivity index (χ1v) is 14.6. The molecule has 0 saturated heterocycles. The Morgan fingerprint density at radius 3 is 2.40 bits per heavy atom. The lowest BCUT2D eigenvalue weighted by molar-refractivity contribution is -0.178. The smallest absolute Gasteiger partial charge is 0.340 e. The summed E-state index contributed by atoms with van der Waals surface area (Å²) in [5.41, 5.74) is -4.59. The van der Waals surface area contributed by atoms with Gasteiger partial charge in [-0.3, -0.25) is 24.2 Å². The molecule has 2 aliphatic carbocycles. The van der Waals surface area contributed by atoms with Gasteiger partial charge in [-0.1, -0.05) is 39.5 Å². The van der Waals surface area contributed by atoms with Gasteiger partial charge < -0.3 is 19.3 Å². The third-order valence-corrected chi connectivity index (χ3v) is 8.21. The van der Waals surface area contributed by atoms with E-state index in [1.54, 1.807) is 39.0 Å². The van der Waals surface area contributed by atoms with E-state index in [9.17, 15) is 29.1 Å². The molecular weight excluding hydrogens is 554 g/mol. The molecule has 1 N–H and O–H groups in total. The summed E-state index contributed by atoms with van der Waals surface area (Å²) in [4.78, 5) is 70.2. The zero-order valence-electron chi connectivity index (χ0n) is 26.0. The Hall–Kier alpha value is -3.66. The lowest BCUT2D eigenvalue weighted by Gasteiger charge is -2.39. The third-order valence-electron chi connectivity index (χ3n) is 8.21. The minimum atomic E-state index is -2.30. The molecule has 43 heavy (non-hydrogen) atoms. The van der Waals surface area contributed by atoms with Gasteiger partial charge in [-0.15, -0.1) is 0 Å². The van der Waals surface area contributed by atoms with E-state index in [1.165, 1.54) is 32.3 Å². The summed E-state index contributed by atoms with van der Waals surface area (Å²) in [7, 11) is 0. The Bertz CT molecular complexity index is 1300. The number of pyridine rings is 1. The zero-order valence-corrected chi connectivity index (χ0v) is 26.0. The number of esters is 3. The molecule has 1 aromatic rings. The quantitative estimate of drug-likeness (QED) is 0.285. The van der Waals surface area contributed by atoms with Gasteiger partial charge in [0.15, 0.2) is 17.5 Å². The molecule has 0 aromatic carbocycles. The van der Waals surface area contributed by atoms with Gasteiger partial charge in [0.25, 0.3) is 0 Å². The summed E-state index contributed by atoms with van der Waals surface area (Å²) in [5, 5.41) is 12.4. The van der Waals surface area contributed by atoms with Gasteiger partial charge in [-0.2, -0.15) is 0 Å². The van der Waals surface area contributed by atoms with Crippen LogP contribution < -0.4 is 0 Å². The van der Waals surface area contributed by atoms with E-state index >= 15 is 0 Å². The number of Topliss-reactive ketones (excluding diaryl/α,β-unsaturated/α-hetero) is 2. The molecule has 1 heterocycles. The van der Waals surface area contributed by atoms with Crippen LogP contribution in [-0.2, 0) is 33.4 Å². The number of aromatic nitrogens is 1. The molecule has 1 unspecified atom stereocenters. The van der Waals surface area contributed by atoms with Crippen LogP contribution >= 0.6 is 0 Å². The van der Waals surface area contributed by atoms with E-state index < -0.39 is 70.8 Å². The molecule has 1 aromatic heterocycles. The van der Waals surface area contributed by atoms with Crippen molar-refractivity contribution in [3.63, 3.8) is 0 Å². The number of hydrogen-bond acceptors (Lipinski definition) is 10. The molecule has 1 fully saturated rings. The van der Waals surface area contributed by atoms with Gasteiger partial charge in [0.1, 0.15) is 17.5 Å². The number of carbonyl (C=O) groups is 5. The minimum Gasteiger partial charge on any atom is -0.457 e. The van der Waals surface area contributed by atoms with Crippen molar-refractivity contribution in [1.82, 2.24) is 4.98 Å². The van der Waals surface area contributed by atoms with Crippen molar-refractivity contribution in [1.29, 1.82) is 0 Å². The van der Waals surface area contributed by atoms with Crippen LogP contribution in [0.25, 0.3) is 0 Å². The number of nitrogens with zero attached hydrogens (tertiary/aromatic N) is 1. The number of hydrogen-bond donors (Lipinski definition) is 1. The van der Waals surface area contributed by atoms with Crippen LogP contribution in [0.1, 0.15) is 84.5 Å². The van der Waals surface area contributed by atoms with Gasteiger partial charge in [0, 0.05) is 49.9 Å². The highest BCUT2D eigenvalue weighted by Gasteiger charge is 2.69. The average molecular weight is 598 g/mol. The third kappa shape index (κ3) is 7.47. The molecule has 10 heteroatoms. The van der Waals surface area contributed by atoms with Crippen LogP contribution in [-0.4, -0.2) is 63.0 Å². The highest BCUT2D eigenvalue weighted by atomic mass is 16.6. The lowest BCUT2D eigenvalue weighted by Crippen LogP contribution is -2.54. The summed E-state index contributed by atoms with van der Waals surface area (Å²) in [6.07, 6.45) is 2.88. The van der Waals surface area contributed by atoms with Crippen LogP contribution in [0.4, 0.5) is 0 Å². The number of ether oxygens (including phenoxy) is 3. The molecular formula is C33H43NO9. The number of ketones is 2. The standard InChI is InChI=1S/C33H43NO9/c1-19(2)16-25(37)42-29-26-27(41-22(5)35)20(3)11-12-24(36)31(6,7)14-13-21(4)28(38)33(26,40)18-32(29,8)43-30(39)23-10-9-15-34-17-23/h9-10,13-15,17,19,21,26-27,29,40H,3,11-12,16,18H2,1-2,4-8H3/b14-13-/t21-,26+,27?,29-,32-,33-/m1/s1. The van der Waals surface area contributed by atoms with Gasteiger partial charge >= 0.3 is 17.9 Å². The molecule has 234 valence electrons. The van der Waals surface area contributed by atoms with Gasteiger partial charge in [-0.05, 0) is 50.8 Å². The molecule has 6 atom stereocenters. The van der Waals surface area contributed by atoms with Crippen molar-refractivity contribution in [2.45, 2.75) is 97.6 Å². The Kier molecular flexibility index (Phi) is 10.2. The van der Waals surface area contributed by atoms with Gasteiger partial charge in [0.2, 0.25) is 0 Å². The fourth-order valence-corrected chi connectivity index (χ4v) is 5.90. The topological polar surface area (TPSA) is 146 Å². The van der Waals surface area contributed by atoms with Crippen molar-refractivity contribution in [3.8, 4) is 0 Å². The highest BCUT2D eigenvalue weighted by molar-refractivity contribution is 5.93. The van der Waals surface area contributed by atoms with Crippen LogP contribution in [0.5, 0.6) is 0 Å². The Balaban J connectivity index is 2.25. The second-order valence-corrected chi connectivity index (χ2v) is 12.9. The van der Waals surface area contributed by atoms with Crippen LogP contribution in [0.2, 0.25) is 0 Å². The zero-order chi connectivity index (χ0) is 32.3. The predicted molar refractivity (Wildman–Crippen MR) is 156 cm³/mol. The van der Waals surface area contributed by atoms with Crippen molar-refractivity contribution in [3.05, 3.63) is 54.4 Å². The van der Waals surface area contributed by atoms with E-state index in [2.05, 4.69) is 11.6 Å². The molecule has 3 rings (SSSR count). The minimum absolute atomic E-state index is 0.00410. The Labute approximate surface area is 252 Å². The van der Waals surface area contributed by atoms with Gasteiger partial charge in [0.05, 0.1) is 11.5 Å². The number of aliphatic hydroxyl groups is 1. The van der Waals surface area contributed by atoms with Crippen molar-refractivity contribution < 1.29 is 43.3 Å². The van der Waals surface area contributed by atoms with E-state index in [0.29, 0.717) is 0 Å². The summed E-state index contributed by atoms with van der Waals surface area (Å²) >= 11 is 0. The summed E-state index contributed by atoms with van der Waals surface area (Å²) < 4.78 is 17.6. The predicted octanol–water partition coefficient (Wildman–Crippen LogP) is 4.34. The fraction of sp³-hybridized carbons (Fsp3) is 0.576. The molecule has 0 amide bonds. The second-order valence-electron chi connectivity index (χ2n) is 12.9. The van der Waals surface area contributed by atoms with Crippen molar-refractivity contribution in [2.75, 3.05) is 0 Å². The van der Waals surface area contributed by atoms with Gasteiger partial charge in [-0.25, -0.2) is 4.79 Å². The van der Waals surface area contributed by atoms with E-state index in [-0.39, 0.29) is 42.1 Å². The lowest BCUT2D eigenvalue weighted by atomic mass is 9.74. The normalized spacial score (nSPS) is 31.8. The van der Waals surface area contributed by atoms with Crippen molar-refractivity contribution in [2.24, 2.45) is 23.2 Å². The fourth-order valence-electron chi connectivity index (χ4n) is 5.90. The van der Waals surface area contributed by atoms with Crippen LogP contribution in [0, 0.1) is 23.2 Å². The van der Waals surface area contributed by atoms with E-state index in [1.807, 2.05) is 13.8 Å². The summed E-state index contributed by atoms with van der Waals surface area (Å²) in [6, 6.07) is 3.04. The molecule has 2 aliphatic rings. The largest absolute Gasteiger partial charge is 0.457 e. The molecule has 10 nitrogen and oxygen atoms in total. The maximum absolute atomic E-state index is 14.2. The van der Waals surface area contributed by atoms with Crippen LogP contribution in [0.3, 0.4) is 0 Å². The monoisotopic (exact) mass is 597 g/mol. The van der Waals surface area contributed by atoms with E-state index in [4.69, 9.17) is 14.2 Å².